The number of carbonyl (C=O) groups excluding carboxylic acids is 1. The lowest BCUT2D eigenvalue weighted by atomic mass is 9.99. The van der Waals surface area contributed by atoms with Gasteiger partial charge in [-0.3, -0.25) is 4.79 Å². The molecular weight excluding hydrogens is 380 g/mol. The van der Waals surface area contributed by atoms with Gasteiger partial charge in [0.1, 0.15) is 17.4 Å². The molecule has 2 aromatic carbocycles. The summed E-state index contributed by atoms with van der Waals surface area (Å²) in [6.07, 6.45) is 1.58. The number of nitrogens with one attached hydrogen (secondary N) is 1. The SMILES string of the molecule is Cc1nc(COc2ccc(/C=C(/C#N)C(=O)c3c(C)[nH]c4ccccc34)cc2)no1. The van der Waals surface area contributed by atoms with Gasteiger partial charge in [-0.25, -0.2) is 0 Å². The number of para-hydroxylation sites is 1. The second-order valence-corrected chi connectivity index (χ2v) is 6.76. The Hall–Kier alpha value is -4.18. The fourth-order valence-electron chi connectivity index (χ4n) is 3.23. The molecule has 0 aliphatic carbocycles. The van der Waals surface area contributed by atoms with Crippen molar-refractivity contribution in [2.45, 2.75) is 20.5 Å². The van der Waals surface area contributed by atoms with Crippen molar-refractivity contribution in [3.63, 3.8) is 0 Å². The third-order valence-electron chi connectivity index (χ3n) is 4.61. The van der Waals surface area contributed by atoms with Crippen molar-refractivity contribution in [2.75, 3.05) is 0 Å². The molecule has 4 rings (SSSR count). The van der Waals surface area contributed by atoms with Crippen molar-refractivity contribution < 1.29 is 14.1 Å². The molecule has 0 saturated carbocycles. The molecular formula is C23H18N4O3. The molecule has 0 aliphatic heterocycles. The minimum atomic E-state index is -0.305. The number of carbonyl (C=O) groups is 1. The van der Waals surface area contributed by atoms with Crippen molar-refractivity contribution in [2.24, 2.45) is 0 Å². The summed E-state index contributed by atoms with van der Waals surface area (Å²) in [4.78, 5) is 20.3. The van der Waals surface area contributed by atoms with Crippen LogP contribution in [0.3, 0.4) is 0 Å². The van der Waals surface area contributed by atoms with E-state index in [0.29, 0.717) is 23.0 Å². The molecule has 4 aromatic rings. The highest BCUT2D eigenvalue weighted by atomic mass is 16.5. The zero-order valence-corrected chi connectivity index (χ0v) is 16.5. The Morgan fingerprint density at radius 2 is 1.97 bits per heavy atom. The standard InChI is InChI=1S/C23H18N4O3/c1-14-22(19-5-3-4-6-20(19)25-14)23(28)17(12-24)11-16-7-9-18(10-8-16)29-13-21-26-15(2)30-27-21/h3-11,25H,13H2,1-2H3/b17-11-. The zero-order chi connectivity index (χ0) is 21.1. The van der Waals surface area contributed by atoms with Gasteiger partial charge in [0.2, 0.25) is 17.5 Å². The number of hydrogen-bond donors (Lipinski definition) is 1. The molecule has 30 heavy (non-hydrogen) atoms. The number of rotatable bonds is 6. The highest BCUT2D eigenvalue weighted by Gasteiger charge is 2.19. The Labute approximate surface area is 172 Å². The number of fused-ring (bicyclic) bond motifs is 1. The predicted octanol–water partition coefficient (Wildman–Crippen LogP) is 4.54. The molecule has 1 N–H and O–H groups in total. The topological polar surface area (TPSA) is 105 Å². The van der Waals surface area contributed by atoms with E-state index in [1.807, 2.05) is 37.3 Å². The highest BCUT2D eigenvalue weighted by molar-refractivity contribution is 6.20. The summed E-state index contributed by atoms with van der Waals surface area (Å²) in [5, 5.41) is 14.2. The Morgan fingerprint density at radius 1 is 1.20 bits per heavy atom. The molecule has 0 spiro atoms. The minimum Gasteiger partial charge on any atom is -0.485 e. The predicted molar refractivity (Wildman–Crippen MR) is 111 cm³/mol. The number of hydrogen-bond acceptors (Lipinski definition) is 6. The largest absolute Gasteiger partial charge is 0.485 e. The third-order valence-corrected chi connectivity index (χ3v) is 4.61. The lowest BCUT2D eigenvalue weighted by Crippen LogP contribution is -2.03. The van der Waals surface area contributed by atoms with Crippen molar-refractivity contribution in [1.82, 2.24) is 15.1 Å². The van der Waals surface area contributed by atoms with Crippen LogP contribution in [0.2, 0.25) is 0 Å². The number of Topliss-reactive ketones (excluding diaryl/α,β-unsaturated/α-hetero) is 1. The van der Waals surface area contributed by atoms with E-state index in [9.17, 15) is 10.1 Å². The molecule has 2 aromatic heterocycles. The number of ketones is 1. The number of benzene rings is 2. The van der Waals surface area contributed by atoms with Gasteiger partial charge in [0.05, 0.1) is 5.56 Å². The van der Waals surface area contributed by atoms with Crippen molar-refractivity contribution in [1.29, 1.82) is 5.26 Å². The molecule has 148 valence electrons. The van der Waals surface area contributed by atoms with Gasteiger partial charge in [-0.05, 0) is 36.8 Å². The summed E-state index contributed by atoms with van der Waals surface area (Å²) >= 11 is 0. The molecule has 0 bridgehead atoms. The van der Waals surface area contributed by atoms with E-state index in [0.717, 1.165) is 22.2 Å². The van der Waals surface area contributed by atoms with Crippen LogP contribution in [0, 0.1) is 25.2 Å². The van der Waals surface area contributed by atoms with E-state index in [1.54, 1.807) is 37.3 Å². The molecule has 0 aliphatic rings. The van der Waals surface area contributed by atoms with Gasteiger partial charge < -0.3 is 14.2 Å². The second-order valence-electron chi connectivity index (χ2n) is 6.76. The number of aromatic nitrogens is 3. The summed E-state index contributed by atoms with van der Waals surface area (Å²) in [5.74, 6) is 1.25. The van der Waals surface area contributed by atoms with E-state index in [2.05, 4.69) is 15.1 Å². The third kappa shape index (κ3) is 3.84. The van der Waals surface area contributed by atoms with Crippen molar-refractivity contribution in [3.8, 4) is 11.8 Å². The van der Waals surface area contributed by atoms with E-state index >= 15 is 0 Å². The molecule has 0 atom stereocenters. The fraction of sp³-hybridized carbons (Fsp3) is 0.130. The Morgan fingerprint density at radius 3 is 2.67 bits per heavy atom. The lowest BCUT2D eigenvalue weighted by molar-refractivity contribution is 0.104. The molecule has 0 fully saturated rings. The number of nitrogens with zero attached hydrogens (tertiary/aromatic N) is 3. The lowest BCUT2D eigenvalue weighted by Gasteiger charge is -2.04. The number of aromatic amines is 1. The average Bonchev–Trinajstić information content (AvgIpc) is 3.32. The first-order valence-electron chi connectivity index (χ1n) is 9.31. The van der Waals surface area contributed by atoms with E-state index < -0.39 is 0 Å². The van der Waals surface area contributed by atoms with E-state index in [-0.39, 0.29) is 18.0 Å². The monoisotopic (exact) mass is 398 g/mol. The average molecular weight is 398 g/mol. The van der Waals surface area contributed by atoms with Crippen molar-refractivity contribution in [3.05, 3.63) is 82.6 Å². The maximum absolute atomic E-state index is 13.0. The Bertz CT molecular complexity index is 1290. The molecule has 7 nitrogen and oxygen atoms in total. The summed E-state index contributed by atoms with van der Waals surface area (Å²) in [6.45, 7) is 3.73. The van der Waals surface area contributed by atoms with Crippen LogP contribution < -0.4 is 4.74 Å². The Kier molecular flexibility index (Phi) is 5.14. The fourth-order valence-corrected chi connectivity index (χ4v) is 3.23. The summed E-state index contributed by atoms with van der Waals surface area (Å²) < 4.78 is 10.5. The molecule has 2 heterocycles. The number of nitriles is 1. The van der Waals surface area contributed by atoms with E-state index in [1.165, 1.54) is 0 Å². The van der Waals surface area contributed by atoms with Gasteiger partial charge in [-0.15, -0.1) is 0 Å². The van der Waals surface area contributed by atoms with Crippen LogP contribution in [0.15, 0.2) is 58.6 Å². The van der Waals surface area contributed by atoms with Gasteiger partial charge in [0, 0.05) is 23.5 Å². The zero-order valence-electron chi connectivity index (χ0n) is 16.5. The summed E-state index contributed by atoms with van der Waals surface area (Å²) in [7, 11) is 0. The summed E-state index contributed by atoms with van der Waals surface area (Å²) in [5.41, 5.74) is 2.92. The number of allylic oxidation sites excluding steroid dienone is 1. The van der Waals surface area contributed by atoms with Crippen molar-refractivity contribution >= 4 is 22.8 Å². The number of aryl methyl sites for hydroxylation is 2. The van der Waals surface area contributed by atoms with Gasteiger partial charge >= 0.3 is 0 Å². The first kappa shape index (κ1) is 19.2. The second kappa shape index (κ2) is 8.05. The smallest absolute Gasteiger partial charge is 0.223 e. The van der Waals surface area contributed by atoms with Gasteiger partial charge in [0.15, 0.2) is 6.61 Å². The van der Waals surface area contributed by atoms with E-state index in [4.69, 9.17) is 9.26 Å². The van der Waals surface area contributed by atoms with Crippen LogP contribution in [0.5, 0.6) is 5.75 Å². The quantitative estimate of drug-likeness (QED) is 0.290. The molecule has 0 saturated heterocycles. The van der Waals surface area contributed by atoms with Gasteiger partial charge in [-0.1, -0.05) is 35.5 Å². The van der Waals surface area contributed by atoms with Crippen LogP contribution in [0.4, 0.5) is 0 Å². The van der Waals surface area contributed by atoms with Crippen LogP contribution >= 0.6 is 0 Å². The first-order valence-corrected chi connectivity index (χ1v) is 9.31. The summed E-state index contributed by atoms with van der Waals surface area (Å²) in [6, 6.07) is 16.7. The molecule has 7 heteroatoms. The first-order chi connectivity index (χ1) is 14.5. The van der Waals surface area contributed by atoms with Crippen LogP contribution in [0.25, 0.3) is 17.0 Å². The maximum atomic E-state index is 13.0. The molecule has 0 amide bonds. The van der Waals surface area contributed by atoms with Gasteiger partial charge in [-0.2, -0.15) is 10.2 Å². The Balaban J connectivity index is 1.54. The maximum Gasteiger partial charge on any atom is 0.223 e. The highest BCUT2D eigenvalue weighted by Crippen LogP contribution is 2.25. The normalized spacial score (nSPS) is 11.4. The van der Waals surface area contributed by atoms with Crippen LogP contribution in [-0.4, -0.2) is 20.9 Å². The van der Waals surface area contributed by atoms with Crippen LogP contribution in [0.1, 0.15) is 33.3 Å². The van der Waals surface area contributed by atoms with Crippen LogP contribution in [-0.2, 0) is 6.61 Å². The molecule has 0 unspecified atom stereocenters. The number of ether oxygens (including phenoxy) is 1. The molecule has 0 radical (unpaired) electrons. The van der Waals surface area contributed by atoms with Gasteiger partial charge in [0.25, 0.3) is 0 Å². The number of H-pyrrole nitrogens is 1. The minimum absolute atomic E-state index is 0.0683.